The standard InChI is InChI=1S/C15H18N2O5/c1-10-12(6-5-7-13(10)17(20)21)15(19)22-11(2)14(18)16-8-3-4-9-16/h5-7,11H,3-4,8-9H2,1-2H3/t11-/m0/s1. The number of nitro benzene ring substituents is 1. The van der Waals surface area contributed by atoms with Crippen LogP contribution in [0.3, 0.4) is 0 Å². The number of amides is 1. The molecule has 0 saturated carbocycles. The first-order valence-electron chi connectivity index (χ1n) is 7.15. The Labute approximate surface area is 128 Å². The molecule has 0 bridgehead atoms. The first kappa shape index (κ1) is 15.9. The molecule has 0 unspecified atom stereocenters. The lowest BCUT2D eigenvalue weighted by Crippen LogP contribution is -2.38. The summed E-state index contributed by atoms with van der Waals surface area (Å²) in [4.78, 5) is 36.3. The molecule has 1 saturated heterocycles. The minimum atomic E-state index is -0.899. The quantitative estimate of drug-likeness (QED) is 0.482. The number of benzene rings is 1. The van der Waals surface area contributed by atoms with Crippen LogP contribution in [0, 0.1) is 17.0 Å². The summed E-state index contributed by atoms with van der Waals surface area (Å²) >= 11 is 0. The van der Waals surface area contributed by atoms with Crippen LogP contribution in [0.25, 0.3) is 0 Å². The summed E-state index contributed by atoms with van der Waals surface area (Å²) in [5.41, 5.74) is 0.196. The van der Waals surface area contributed by atoms with Crippen molar-refractivity contribution in [2.75, 3.05) is 13.1 Å². The van der Waals surface area contributed by atoms with Gasteiger partial charge in [-0.3, -0.25) is 14.9 Å². The Bertz CT molecular complexity index is 608. The highest BCUT2D eigenvalue weighted by atomic mass is 16.6. The van der Waals surface area contributed by atoms with Crippen LogP contribution in [0.2, 0.25) is 0 Å². The monoisotopic (exact) mass is 306 g/mol. The van der Waals surface area contributed by atoms with Crippen LogP contribution in [0.5, 0.6) is 0 Å². The third-order valence-corrected chi connectivity index (χ3v) is 3.77. The largest absolute Gasteiger partial charge is 0.449 e. The molecule has 7 nitrogen and oxygen atoms in total. The predicted molar refractivity (Wildman–Crippen MR) is 78.5 cm³/mol. The van der Waals surface area contributed by atoms with E-state index in [1.54, 1.807) is 4.90 Å². The molecular weight excluding hydrogens is 288 g/mol. The van der Waals surface area contributed by atoms with E-state index in [0.29, 0.717) is 13.1 Å². The number of nitro groups is 1. The molecule has 0 aromatic heterocycles. The van der Waals surface area contributed by atoms with Crippen molar-refractivity contribution in [3.05, 3.63) is 39.4 Å². The van der Waals surface area contributed by atoms with Crippen LogP contribution in [-0.4, -0.2) is 40.9 Å². The molecule has 0 N–H and O–H groups in total. The molecule has 7 heteroatoms. The number of hydrogen-bond acceptors (Lipinski definition) is 5. The molecule has 1 heterocycles. The third kappa shape index (κ3) is 3.24. The normalized spacial score (nSPS) is 15.5. The fourth-order valence-corrected chi connectivity index (χ4v) is 2.51. The fraction of sp³-hybridized carbons (Fsp3) is 0.467. The van der Waals surface area contributed by atoms with Gasteiger partial charge in [0.15, 0.2) is 6.10 Å². The summed E-state index contributed by atoms with van der Waals surface area (Å²) in [6.07, 6.45) is 1.01. The van der Waals surface area contributed by atoms with Crippen molar-refractivity contribution in [3.8, 4) is 0 Å². The Morgan fingerprint density at radius 1 is 1.32 bits per heavy atom. The summed E-state index contributed by atoms with van der Waals surface area (Å²) in [7, 11) is 0. The Balaban J connectivity index is 2.10. The number of likely N-dealkylation sites (tertiary alicyclic amines) is 1. The zero-order valence-electron chi connectivity index (χ0n) is 12.6. The maximum atomic E-state index is 12.2. The predicted octanol–water partition coefficient (Wildman–Crippen LogP) is 2.07. The summed E-state index contributed by atoms with van der Waals surface area (Å²) in [6.45, 7) is 4.36. The van der Waals surface area contributed by atoms with Gasteiger partial charge in [-0.1, -0.05) is 6.07 Å². The molecule has 1 atom stereocenters. The molecule has 1 aliphatic rings. The van der Waals surface area contributed by atoms with Crippen molar-refractivity contribution >= 4 is 17.6 Å². The van der Waals surface area contributed by atoms with Gasteiger partial charge in [-0.2, -0.15) is 0 Å². The first-order chi connectivity index (χ1) is 10.4. The van der Waals surface area contributed by atoms with Crippen LogP contribution in [0.15, 0.2) is 18.2 Å². The van der Waals surface area contributed by atoms with E-state index >= 15 is 0 Å². The Kier molecular flexibility index (Phi) is 4.75. The van der Waals surface area contributed by atoms with Gasteiger partial charge in [0.25, 0.3) is 11.6 Å². The smallest absolute Gasteiger partial charge is 0.339 e. The van der Waals surface area contributed by atoms with E-state index in [1.165, 1.54) is 32.0 Å². The topological polar surface area (TPSA) is 89.8 Å². The van der Waals surface area contributed by atoms with Gasteiger partial charge in [0.2, 0.25) is 0 Å². The van der Waals surface area contributed by atoms with E-state index in [0.717, 1.165) is 12.8 Å². The number of ether oxygens (including phenoxy) is 1. The highest BCUT2D eigenvalue weighted by Crippen LogP contribution is 2.22. The highest BCUT2D eigenvalue weighted by molar-refractivity contribution is 5.94. The average Bonchev–Trinajstić information content (AvgIpc) is 3.00. The van der Waals surface area contributed by atoms with Gasteiger partial charge in [0.05, 0.1) is 10.5 Å². The molecule has 1 fully saturated rings. The first-order valence-corrected chi connectivity index (χ1v) is 7.15. The molecule has 1 amide bonds. The Hall–Kier alpha value is -2.44. The molecule has 22 heavy (non-hydrogen) atoms. The molecule has 1 aromatic carbocycles. The molecule has 0 spiro atoms. The number of nitrogens with zero attached hydrogens (tertiary/aromatic N) is 2. The Morgan fingerprint density at radius 3 is 2.55 bits per heavy atom. The van der Waals surface area contributed by atoms with E-state index in [1.807, 2.05) is 0 Å². The van der Waals surface area contributed by atoms with Gasteiger partial charge < -0.3 is 9.64 Å². The van der Waals surface area contributed by atoms with Crippen LogP contribution < -0.4 is 0 Å². The molecule has 2 rings (SSSR count). The lowest BCUT2D eigenvalue weighted by molar-refractivity contribution is -0.385. The number of hydrogen-bond donors (Lipinski definition) is 0. The van der Waals surface area contributed by atoms with Crippen LogP contribution in [-0.2, 0) is 9.53 Å². The second-order valence-corrected chi connectivity index (χ2v) is 5.29. The third-order valence-electron chi connectivity index (χ3n) is 3.77. The molecule has 0 radical (unpaired) electrons. The zero-order chi connectivity index (χ0) is 16.3. The van der Waals surface area contributed by atoms with Crippen molar-refractivity contribution in [2.45, 2.75) is 32.8 Å². The number of carbonyl (C=O) groups excluding carboxylic acids is 2. The summed E-state index contributed by atoms with van der Waals surface area (Å²) < 4.78 is 5.17. The van der Waals surface area contributed by atoms with Gasteiger partial charge in [-0.25, -0.2) is 4.79 Å². The van der Waals surface area contributed by atoms with Crippen molar-refractivity contribution in [1.29, 1.82) is 0 Å². The van der Waals surface area contributed by atoms with Gasteiger partial charge in [0.1, 0.15) is 0 Å². The van der Waals surface area contributed by atoms with Gasteiger partial charge in [0, 0.05) is 24.7 Å². The van der Waals surface area contributed by atoms with Gasteiger partial charge in [-0.15, -0.1) is 0 Å². The van der Waals surface area contributed by atoms with E-state index < -0.39 is 17.0 Å². The zero-order valence-corrected chi connectivity index (χ0v) is 12.6. The second kappa shape index (κ2) is 6.55. The number of carbonyl (C=O) groups is 2. The van der Waals surface area contributed by atoms with Crippen LogP contribution >= 0.6 is 0 Å². The highest BCUT2D eigenvalue weighted by Gasteiger charge is 2.27. The maximum absolute atomic E-state index is 12.2. The minimum Gasteiger partial charge on any atom is -0.449 e. The maximum Gasteiger partial charge on any atom is 0.339 e. The van der Waals surface area contributed by atoms with Crippen molar-refractivity contribution in [1.82, 2.24) is 4.90 Å². The van der Waals surface area contributed by atoms with Crippen molar-refractivity contribution < 1.29 is 19.2 Å². The molecular formula is C15H18N2O5. The SMILES string of the molecule is Cc1c(C(=O)O[C@@H](C)C(=O)N2CCCC2)cccc1[N+](=O)[O-]. The lowest BCUT2D eigenvalue weighted by atomic mass is 10.1. The molecule has 1 aliphatic heterocycles. The number of rotatable bonds is 4. The summed E-state index contributed by atoms with van der Waals surface area (Å²) in [5.74, 6) is -0.949. The average molecular weight is 306 g/mol. The van der Waals surface area contributed by atoms with E-state index in [-0.39, 0.29) is 22.7 Å². The molecule has 0 aliphatic carbocycles. The minimum absolute atomic E-state index is 0.107. The lowest BCUT2D eigenvalue weighted by Gasteiger charge is -2.20. The van der Waals surface area contributed by atoms with E-state index in [2.05, 4.69) is 0 Å². The van der Waals surface area contributed by atoms with Crippen LogP contribution in [0.1, 0.15) is 35.7 Å². The fourth-order valence-electron chi connectivity index (χ4n) is 2.51. The van der Waals surface area contributed by atoms with Gasteiger partial charge in [-0.05, 0) is 32.8 Å². The molecule has 1 aromatic rings. The van der Waals surface area contributed by atoms with Crippen molar-refractivity contribution in [3.63, 3.8) is 0 Å². The summed E-state index contributed by atoms with van der Waals surface area (Å²) in [6, 6.07) is 4.21. The second-order valence-electron chi connectivity index (χ2n) is 5.29. The van der Waals surface area contributed by atoms with Crippen LogP contribution in [0.4, 0.5) is 5.69 Å². The number of esters is 1. The van der Waals surface area contributed by atoms with E-state index in [4.69, 9.17) is 4.74 Å². The Morgan fingerprint density at radius 2 is 1.95 bits per heavy atom. The van der Waals surface area contributed by atoms with Gasteiger partial charge >= 0.3 is 5.97 Å². The summed E-state index contributed by atoms with van der Waals surface area (Å²) in [5, 5.41) is 10.9. The van der Waals surface area contributed by atoms with Crippen molar-refractivity contribution in [2.24, 2.45) is 0 Å². The van der Waals surface area contributed by atoms with E-state index in [9.17, 15) is 19.7 Å². The molecule has 118 valence electrons.